The maximum Gasteiger partial charge on any atom is 0.350 e. The van der Waals surface area contributed by atoms with E-state index in [4.69, 9.17) is 9.47 Å². The van der Waals surface area contributed by atoms with Crippen molar-refractivity contribution in [2.45, 2.75) is 95.6 Å². The second kappa shape index (κ2) is 10.7. The van der Waals surface area contributed by atoms with Crippen molar-refractivity contribution in [1.82, 2.24) is 0 Å². The highest BCUT2D eigenvalue weighted by atomic mass is 32.1. The summed E-state index contributed by atoms with van der Waals surface area (Å²) in [6.45, 7) is 2.26. The van der Waals surface area contributed by atoms with Crippen LogP contribution < -0.4 is 4.90 Å². The van der Waals surface area contributed by atoms with Crippen molar-refractivity contribution in [3.8, 4) is 0 Å². The summed E-state index contributed by atoms with van der Waals surface area (Å²) in [5, 5.41) is 0. The minimum absolute atomic E-state index is 0.00365. The fraction of sp³-hybridized carbons (Fsp3) is 0.731. The third-order valence-corrected chi connectivity index (χ3v) is 9.23. The maximum absolute atomic E-state index is 14.0. The fourth-order valence-electron chi connectivity index (χ4n) is 5.81. The Morgan fingerprint density at radius 2 is 1.70 bits per heavy atom. The number of nitrogens with zero attached hydrogens (tertiary/aromatic N) is 1. The van der Waals surface area contributed by atoms with Gasteiger partial charge in [0.2, 0.25) is 5.91 Å². The topological polar surface area (TPSA) is 72.9 Å². The van der Waals surface area contributed by atoms with E-state index in [0.717, 1.165) is 62.7 Å². The molecule has 1 heterocycles. The summed E-state index contributed by atoms with van der Waals surface area (Å²) in [6, 6.07) is 2.08. The highest BCUT2D eigenvalue weighted by Crippen LogP contribution is 2.44. The van der Waals surface area contributed by atoms with Gasteiger partial charge in [-0.05, 0) is 75.7 Å². The number of carbonyl (C=O) groups is 3. The zero-order chi connectivity index (χ0) is 23.5. The van der Waals surface area contributed by atoms with Gasteiger partial charge in [-0.3, -0.25) is 9.59 Å². The molecule has 3 aliphatic rings. The first-order valence-electron chi connectivity index (χ1n) is 12.5. The van der Waals surface area contributed by atoms with E-state index in [0.29, 0.717) is 35.1 Å². The van der Waals surface area contributed by atoms with Gasteiger partial charge >= 0.3 is 5.97 Å². The van der Waals surface area contributed by atoms with Crippen LogP contribution in [0.1, 0.15) is 98.0 Å². The smallest absolute Gasteiger partial charge is 0.350 e. The Balaban J connectivity index is 1.69. The molecule has 7 heteroatoms. The molecule has 3 aliphatic carbocycles. The van der Waals surface area contributed by atoms with E-state index in [1.54, 1.807) is 7.11 Å². The van der Waals surface area contributed by atoms with Gasteiger partial charge in [0.05, 0.1) is 18.9 Å². The van der Waals surface area contributed by atoms with Gasteiger partial charge in [-0.1, -0.05) is 6.92 Å². The number of anilines is 1. The standard InChI is InChI=1S/C26H37NO5S/c1-16-4-6-18(7-5-16)25(29)27(19-10-13-21(14-19)31-2)22-15-23(33-24(22)26(30)32-3)17-8-11-20(28)12-9-17/h15-19,21H,4-14H2,1-3H3. The first-order valence-corrected chi connectivity index (χ1v) is 13.3. The third kappa shape index (κ3) is 5.35. The lowest BCUT2D eigenvalue weighted by atomic mass is 9.82. The van der Waals surface area contributed by atoms with Crippen molar-refractivity contribution in [3.63, 3.8) is 0 Å². The van der Waals surface area contributed by atoms with Crippen LogP contribution in [0.4, 0.5) is 5.69 Å². The SMILES string of the molecule is COC(=O)c1sc(C2CCC(=O)CC2)cc1N(C(=O)C1CCC(C)CC1)C1CCC(OC)C1. The van der Waals surface area contributed by atoms with E-state index in [9.17, 15) is 14.4 Å². The van der Waals surface area contributed by atoms with Crippen LogP contribution in [0.2, 0.25) is 0 Å². The molecule has 1 amide bonds. The number of carbonyl (C=O) groups excluding carboxylic acids is 3. The zero-order valence-electron chi connectivity index (χ0n) is 20.1. The van der Waals surface area contributed by atoms with Crippen molar-refractivity contribution >= 4 is 34.7 Å². The minimum atomic E-state index is -0.385. The predicted molar refractivity (Wildman–Crippen MR) is 129 cm³/mol. The zero-order valence-corrected chi connectivity index (χ0v) is 21.0. The largest absolute Gasteiger partial charge is 0.465 e. The number of hydrogen-bond donors (Lipinski definition) is 0. The molecule has 0 bridgehead atoms. The van der Waals surface area contributed by atoms with Crippen LogP contribution in [0.3, 0.4) is 0 Å². The van der Waals surface area contributed by atoms with Crippen LogP contribution in [0.5, 0.6) is 0 Å². The van der Waals surface area contributed by atoms with E-state index in [2.05, 4.69) is 13.0 Å². The molecule has 0 radical (unpaired) electrons. The van der Waals surface area contributed by atoms with Gasteiger partial charge in [0.15, 0.2) is 0 Å². The normalized spacial score (nSPS) is 28.6. The number of thiophene rings is 1. The lowest BCUT2D eigenvalue weighted by molar-refractivity contribution is -0.124. The van der Waals surface area contributed by atoms with Crippen molar-refractivity contribution in [1.29, 1.82) is 0 Å². The van der Waals surface area contributed by atoms with Gasteiger partial charge < -0.3 is 14.4 Å². The Hall–Kier alpha value is -1.73. The highest BCUT2D eigenvalue weighted by Gasteiger charge is 2.39. The van der Waals surface area contributed by atoms with Crippen LogP contribution in [-0.2, 0) is 19.1 Å². The molecular weight excluding hydrogens is 438 g/mol. The monoisotopic (exact) mass is 475 g/mol. The van der Waals surface area contributed by atoms with Crippen molar-refractivity contribution in [2.24, 2.45) is 11.8 Å². The number of methoxy groups -OCH3 is 2. The van der Waals surface area contributed by atoms with Crippen LogP contribution in [0.15, 0.2) is 6.07 Å². The molecule has 1 aromatic rings. The summed E-state index contributed by atoms with van der Waals surface area (Å²) >= 11 is 1.45. The van der Waals surface area contributed by atoms with Crippen LogP contribution in [0.25, 0.3) is 0 Å². The van der Waals surface area contributed by atoms with Gasteiger partial charge in [-0.2, -0.15) is 0 Å². The average molecular weight is 476 g/mol. The van der Waals surface area contributed by atoms with E-state index in [-0.39, 0.29) is 35.9 Å². The fourth-order valence-corrected chi connectivity index (χ4v) is 7.05. The first-order chi connectivity index (χ1) is 15.9. The summed E-state index contributed by atoms with van der Waals surface area (Å²) in [5.41, 5.74) is 0.712. The number of rotatable bonds is 6. The predicted octanol–water partition coefficient (Wildman–Crippen LogP) is 5.49. The summed E-state index contributed by atoms with van der Waals surface area (Å²) in [6.07, 6.45) is 9.48. The molecule has 2 atom stereocenters. The number of esters is 1. The van der Waals surface area contributed by atoms with Crippen molar-refractivity contribution in [3.05, 3.63) is 15.8 Å². The third-order valence-electron chi connectivity index (χ3n) is 7.97. The van der Waals surface area contributed by atoms with Gasteiger partial charge in [-0.15, -0.1) is 11.3 Å². The summed E-state index contributed by atoms with van der Waals surface area (Å²) in [7, 11) is 3.13. The summed E-state index contributed by atoms with van der Waals surface area (Å²) in [5.74, 6) is 1.01. The maximum atomic E-state index is 14.0. The molecule has 4 rings (SSSR count). The Labute approximate surface area is 201 Å². The highest BCUT2D eigenvalue weighted by molar-refractivity contribution is 7.14. The Morgan fingerprint density at radius 1 is 1.00 bits per heavy atom. The van der Waals surface area contributed by atoms with Gasteiger partial charge in [0, 0.05) is 36.8 Å². The van der Waals surface area contributed by atoms with Gasteiger partial charge in [0.1, 0.15) is 10.7 Å². The first kappa shape index (κ1) is 24.4. The number of hydrogen-bond acceptors (Lipinski definition) is 6. The molecule has 0 saturated heterocycles. The molecule has 182 valence electrons. The second-order valence-corrected chi connectivity index (χ2v) is 11.2. The molecule has 3 fully saturated rings. The van der Waals surface area contributed by atoms with E-state index in [1.807, 2.05) is 4.90 Å². The molecule has 0 N–H and O–H groups in total. The molecule has 2 unspecified atom stereocenters. The van der Waals surface area contributed by atoms with Crippen molar-refractivity contribution < 1.29 is 23.9 Å². The molecule has 3 saturated carbocycles. The lowest BCUT2D eigenvalue weighted by Gasteiger charge is -2.35. The number of ether oxygens (including phenoxy) is 2. The number of Topliss-reactive ketones (excluding diaryl/α,β-unsaturated/α-hetero) is 1. The van der Waals surface area contributed by atoms with Crippen LogP contribution in [-0.4, -0.2) is 44.0 Å². The summed E-state index contributed by atoms with van der Waals surface area (Å²) < 4.78 is 10.8. The molecule has 33 heavy (non-hydrogen) atoms. The Morgan fingerprint density at radius 3 is 2.30 bits per heavy atom. The molecule has 0 aromatic carbocycles. The quantitative estimate of drug-likeness (QED) is 0.509. The molecule has 0 spiro atoms. The van der Waals surface area contributed by atoms with E-state index in [1.165, 1.54) is 18.4 Å². The second-order valence-electron chi connectivity index (χ2n) is 10.2. The van der Waals surface area contributed by atoms with Gasteiger partial charge in [-0.25, -0.2) is 4.79 Å². The molecular formula is C26H37NO5S. The molecule has 0 aliphatic heterocycles. The number of ketones is 1. The minimum Gasteiger partial charge on any atom is -0.465 e. The van der Waals surface area contributed by atoms with E-state index < -0.39 is 0 Å². The van der Waals surface area contributed by atoms with Crippen LogP contribution >= 0.6 is 11.3 Å². The number of amides is 1. The Bertz CT molecular complexity index is 862. The van der Waals surface area contributed by atoms with Crippen LogP contribution in [0, 0.1) is 11.8 Å². The molecule has 6 nitrogen and oxygen atoms in total. The lowest BCUT2D eigenvalue weighted by Crippen LogP contribution is -2.44. The van der Waals surface area contributed by atoms with Gasteiger partial charge in [0.25, 0.3) is 0 Å². The average Bonchev–Trinajstić information content (AvgIpc) is 3.48. The Kier molecular flexibility index (Phi) is 7.90. The summed E-state index contributed by atoms with van der Waals surface area (Å²) in [4.78, 5) is 42.1. The van der Waals surface area contributed by atoms with Crippen molar-refractivity contribution in [2.75, 3.05) is 19.1 Å². The molecule has 1 aromatic heterocycles. The van der Waals surface area contributed by atoms with E-state index >= 15 is 0 Å².